The van der Waals surface area contributed by atoms with Crippen molar-refractivity contribution < 1.29 is 23.1 Å². The van der Waals surface area contributed by atoms with Crippen molar-refractivity contribution >= 4 is 16.1 Å². The van der Waals surface area contributed by atoms with E-state index in [4.69, 9.17) is 4.74 Å². The normalized spacial score (nSPS) is 14.9. The first-order chi connectivity index (χ1) is 15.8. The third kappa shape index (κ3) is 10.2. The lowest BCUT2D eigenvalue weighted by molar-refractivity contribution is 0.0400. The summed E-state index contributed by atoms with van der Waals surface area (Å²) in [7, 11) is -3.91. The number of ether oxygens (including phenoxy) is 1. The number of amides is 1. The summed E-state index contributed by atoms with van der Waals surface area (Å²) in [6.45, 7) is 14.4. The number of alkyl carbamates (subject to hydrolysis) is 1. The summed E-state index contributed by atoms with van der Waals surface area (Å²) in [6, 6.07) is 8.61. The SMILES string of the molecule is C=C/C=C(\C=C/C)S(=O)(=O)N(CC(C)C)C[C@@H](O)[C@H](Cc1ccccc1)NC(=O)OC(C)(C)C. The fourth-order valence-electron chi connectivity index (χ4n) is 3.28. The summed E-state index contributed by atoms with van der Waals surface area (Å²) in [5.41, 5.74) is 0.179. The molecule has 0 aliphatic rings. The quantitative estimate of drug-likeness (QED) is 0.421. The Morgan fingerprint density at radius 3 is 2.32 bits per heavy atom. The van der Waals surface area contributed by atoms with Gasteiger partial charge in [0.05, 0.1) is 17.1 Å². The van der Waals surface area contributed by atoms with E-state index in [1.54, 1.807) is 33.8 Å². The molecule has 0 heterocycles. The molecule has 1 rings (SSSR count). The highest BCUT2D eigenvalue weighted by atomic mass is 32.2. The van der Waals surface area contributed by atoms with Gasteiger partial charge in [0.15, 0.2) is 0 Å². The molecular weight excluding hydrogens is 452 g/mol. The molecule has 0 aromatic heterocycles. The molecule has 2 N–H and O–H groups in total. The lowest BCUT2D eigenvalue weighted by Crippen LogP contribution is -2.52. The molecule has 8 heteroatoms. The van der Waals surface area contributed by atoms with Crippen LogP contribution < -0.4 is 5.32 Å². The summed E-state index contributed by atoms with van der Waals surface area (Å²) in [5.74, 6) is 0.0175. The molecule has 0 unspecified atom stereocenters. The van der Waals surface area contributed by atoms with Crippen LogP contribution in [0, 0.1) is 5.92 Å². The Balaban J connectivity index is 3.27. The van der Waals surface area contributed by atoms with Crippen molar-refractivity contribution in [1.82, 2.24) is 9.62 Å². The first-order valence-corrected chi connectivity index (χ1v) is 12.9. The van der Waals surface area contributed by atoms with Crippen molar-refractivity contribution in [3.05, 3.63) is 71.7 Å². The fourth-order valence-corrected chi connectivity index (χ4v) is 5.00. The Hall–Kier alpha value is -2.42. The molecule has 0 radical (unpaired) electrons. The summed E-state index contributed by atoms with van der Waals surface area (Å²) in [6.07, 6.45) is 4.43. The lowest BCUT2D eigenvalue weighted by atomic mass is 10.0. The van der Waals surface area contributed by atoms with Gasteiger partial charge >= 0.3 is 6.09 Å². The molecule has 1 aromatic rings. The van der Waals surface area contributed by atoms with Crippen LogP contribution in [0.25, 0.3) is 0 Å². The van der Waals surface area contributed by atoms with Gasteiger partial charge in [-0.05, 0) is 57.7 Å². The number of allylic oxidation sites excluding steroid dienone is 4. The Morgan fingerprint density at radius 1 is 1.21 bits per heavy atom. The number of carbonyl (C=O) groups is 1. The van der Waals surface area contributed by atoms with Crippen molar-refractivity contribution in [3.63, 3.8) is 0 Å². The molecule has 0 spiro atoms. The van der Waals surface area contributed by atoms with E-state index in [1.165, 1.54) is 22.5 Å². The van der Waals surface area contributed by atoms with Crippen LogP contribution in [0.5, 0.6) is 0 Å². The summed E-state index contributed by atoms with van der Waals surface area (Å²) < 4.78 is 33.4. The van der Waals surface area contributed by atoms with Gasteiger partial charge in [0, 0.05) is 13.1 Å². The van der Waals surface area contributed by atoms with Gasteiger partial charge in [-0.25, -0.2) is 13.2 Å². The Kier molecular flexibility index (Phi) is 11.7. The van der Waals surface area contributed by atoms with E-state index in [1.807, 2.05) is 44.2 Å². The Bertz CT molecular complexity index is 947. The molecule has 0 aliphatic heterocycles. The molecule has 0 bridgehead atoms. The van der Waals surface area contributed by atoms with Crippen LogP contribution in [0.1, 0.15) is 47.1 Å². The molecule has 1 amide bonds. The third-order valence-electron chi connectivity index (χ3n) is 4.68. The van der Waals surface area contributed by atoms with Crippen LogP contribution in [0.4, 0.5) is 4.79 Å². The highest BCUT2D eigenvalue weighted by Crippen LogP contribution is 2.19. The highest BCUT2D eigenvalue weighted by Gasteiger charge is 2.32. The number of aliphatic hydroxyl groups excluding tert-OH is 1. The smallest absolute Gasteiger partial charge is 0.407 e. The zero-order valence-corrected chi connectivity index (χ0v) is 22.0. The van der Waals surface area contributed by atoms with Crippen LogP contribution >= 0.6 is 0 Å². The molecule has 190 valence electrons. The van der Waals surface area contributed by atoms with Crippen molar-refractivity contribution in [2.75, 3.05) is 13.1 Å². The van der Waals surface area contributed by atoms with E-state index in [0.717, 1.165) is 5.56 Å². The second-order valence-corrected chi connectivity index (χ2v) is 11.5. The van der Waals surface area contributed by atoms with Gasteiger partial charge in [0.1, 0.15) is 5.60 Å². The Labute approximate surface area is 205 Å². The lowest BCUT2D eigenvalue weighted by Gasteiger charge is -2.31. The number of sulfonamides is 1. The maximum absolute atomic E-state index is 13.4. The topological polar surface area (TPSA) is 95.9 Å². The molecule has 0 fully saturated rings. The average molecular weight is 493 g/mol. The zero-order valence-electron chi connectivity index (χ0n) is 21.2. The van der Waals surface area contributed by atoms with E-state index in [-0.39, 0.29) is 23.9 Å². The van der Waals surface area contributed by atoms with Gasteiger partial charge in [-0.15, -0.1) is 0 Å². The minimum atomic E-state index is -3.91. The molecule has 0 saturated carbocycles. The first-order valence-electron chi connectivity index (χ1n) is 11.5. The van der Waals surface area contributed by atoms with Crippen LogP contribution in [0.3, 0.4) is 0 Å². The number of nitrogens with zero attached hydrogens (tertiary/aromatic N) is 1. The molecule has 2 atom stereocenters. The second kappa shape index (κ2) is 13.5. The number of hydrogen-bond donors (Lipinski definition) is 2. The van der Waals surface area contributed by atoms with Crippen molar-refractivity contribution in [2.24, 2.45) is 5.92 Å². The van der Waals surface area contributed by atoms with Gasteiger partial charge in [0.2, 0.25) is 10.0 Å². The van der Waals surface area contributed by atoms with Crippen LogP contribution in [0.15, 0.2) is 66.1 Å². The number of nitrogens with one attached hydrogen (secondary N) is 1. The number of rotatable bonds is 12. The molecule has 0 saturated heterocycles. The number of hydrogen-bond acceptors (Lipinski definition) is 5. The van der Waals surface area contributed by atoms with E-state index in [9.17, 15) is 18.3 Å². The van der Waals surface area contributed by atoms with E-state index in [2.05, 4.69) is 11.9 Å². The van der Waals surface area contributed by atoms with E-state index < -0.39 is 33.9 Å². The van der Waals surface area contributed by atoms with Crippen LogP contribution in [-0.2, 0) is 21.2 Å². The van der Waals surface area contributed by atoms with Gasteiger partial charge in [-0.2, -0.15) is 4.31 Å². The minimum Gasteiger partial charge on any atom is -0.444 e. The highest BCUT2D eigenvalue weighted by molar-refractivity contribution is 7.93. The fraction of sp³-hybridized carbons (Fsp3) is 0.500. The average Bonchev–Trinajstić information content (AvgIpc) is 2.71. The van der Waals surface area contributed by atoms with Crippen molar-refractivity contribution in [1.29, 1.82) is 0 Å². The summed E-state index contributed by atoms with van der Waals surface area (Å²) >= 11 is 0. The minimum absolute atomic E-state index is 0.0175. The second-order valence-electron chi connectivity index (χ2n) is 9.53. The predicted octanol–water partition coefficient (Wildman–Crippen LogP) is 4.42. The van der Waals surface area contributed by atoms with Crippen LogP contribution in [0.2, 0.25) is 0 Å². The number of benzene rings is 1. The third-order valence-corrected chi connectivity index (χ3v) is 6.52. The summed E-state index contributed by atoms with van der Waals surface area (Å²) in [5, 5.41) is 13.9. The van der Waals surface area contributed by atoms with Gasteiger partial charge in [-0.3, -0.25) is 0 Å². The Morgan fingerprint density at radius 2 is 1.82 bits per heavy atom. The number of aliphatic hydroxyl groups is 1. The monoisotopic (exact) mass is 492 g/mol. The van der Waals surface area contributed by atoms with Gasteiger partial charge in [-0.1, -0.05) is 62.9 Å². The maximum Gasteiger partial charge on any atom is 0.407 e. The molecule has 34 heavy (non-hydrogen) atoms. The van der Waals surface area contributed by atoms with Crippen LogP contribution in [-0.4, -0.2) is 54.8 Å². The van der Waals surface area contributed by atoms with Crippen molar-refractivity contribution in [3.8, 4) is 0 Å². The standard InChI is InChI=1S/C26H40N2O5S/c1-8-13-22(14-9-2)34(31,32)28(18-20(3)4)19-24(29)23(17-21-15-11-10-12-16-21)27-25(30)33-26(5,6)7/h8-16,20,23-24,29H,1,17-19H2,2-7H3,(H,27,30)/b14-9-,22-13+/t23-,24+/m0/s1. The molecule has 0 aliphatic carbocycles. The van der Waals surface area contributed by atoms with E-state index in [0.29, 0.717) is 6.42 Å². The number of carbonyl (C=O) groups excluding carboxylic acids is 1. The maximum atomic E-state index is 13.4. The largest absolute Gasteiger partial charge is 0.444 e. The predicted molar refractivity (Wildman–Crippen MR) is 138 cm³/mol. The van der Waals surface area contributed by atoms with E-state index >= 15 is 0 Å². The molecule has 1 aromatic carbocycles. The first kappa shape index (κ1) is 29.6. The van der Waals surface area contributed by atoms with Crippen molar-refractivity contribution in [2.45, 2.75) is 65.7 Å². The zero-order chi connectivity index (χ0) is 25.9. The van der Waals surface area contributed by atoms with Gasteiger partial charge < -0.3 is 15.2 Å². The summed E-state index contributed by atoms with van der Waals surface area (Å²) in [4.78, 5) is 12.6. The molecular formula is C26H40N2O5S. The van der Waals surface area contributed by atoms with Gasteiger partial charge in [0.25, 0.3) is 0 Å². The molecule has 7 nitrogen and oxygen atoms in total.